The van der Waals surface area contributed by atoms with Crippen molar-refractivity contribution in [2.45, 2.75) is 32.1 Å². The van der Waals surface area contributed by atoms with Gasteiger partial charge in [-0.05, 0) is 56.5 Å². The first kappa shape index (κ1) is 17.2. The van der Waals surface area contributed by atoms with E-state index in [9.17, 15) is 9.59 Å². The Morgan fingerprint density at radius 2 is 2.15 bits per heavy atom. The monoisotopic (exact) mass is 385 g/mol. The summed E-state index contributed by atoms with van der Waals surface area (Å²) in [4.78, 5) is 28.3. The molecule has 0 bridgehead atoms. The number of carbonyl (C=O) groups excluding carboxylic acids is 1. The van der Waals surface area contributed by atoms with E-state index in [4.69, 9.17) is 12.2 Å². The number of benzene rings is 1. The minimum absolute atomic E-state index is 0.189. The largest absolute Gasteiger partial charge is 0.351 e. The molecule has 0 atom stereocenters. The molecule has 2 heterocycles. The molecule has 2 aromatic heterocycles. The third-order valence-electron chi connectivity index (χ3n) is 4.76. The number of hydrogen-bond donors (Lipinski definition) is 2. The van der Waals surface area contributed by atoms with Crippen LogP contribution in [0.2, 0.25) is 0 Å². The molecular formula is C19H19N3O2S2. The fraction of sp³-hybridized carbons (Fsp3) is 0.316. The number of nitrogens with one attached hydrogen (secondary N) is 2. The number of rotatable bonds is 4. The maximum Gasteiger partial charge on any atom is 0.265 e. The second-order valence-corrected chi connectivity index (χ2v) is 8.11. The Morgan fingerprint density at radius 3 is 2.96 bits per heavy atom. The number of hydrogen-bond acceptors (Lipinski definition) is 4. The van der Waals surface area contributed by atoms with Crippen LogP contribution in [0.5, 0.6) is 0 Å². The second-order valence-electron chi connectivity index (χ2n) is 6.47. The van der Waals surface area contributed by atoms with E-state index in [1.54, 1.807) is 10.5 Å². The van der Waals surface area contributed by atoms with Crippen molar-refractivity contribution in [3.8, 4) is 0 Å². The van der Waals surface area contributed by atoms with E-state index < -0.39 is 0 Å². The molecule has 1 aliphatic rings. The Labute approximate surface area is 159 Å². The van der Waals surface area contributed by atoms with E-state index in [0.717, 1.165) is 24.8 Å². The minimum Gasteiger partial charge on any atom is -0.351 e. The molecule has 4 rings (SSSR count). The zero-order valence-electron chi connectivity index (χ0n) is 14.2. The summed E-state index contributed by atoms with van der Waals surface area (Å²) in [6.45, 7) is 0.597. The van der Waals surface area contributed by atoms with Gasteiger partial charge < -0.3 is 10.3 Å². The van der Waals surface area contributed by atoms with Crippen molar-refractivity contribution in [2.75, 3.05) is 6.54 Å². The summed E-state index contributed by atoms with van der Waals surface area (Å²) in [5.41, 5.74) is 2.40. The quantitative estimate of drug-likeness (QED) is 0.523. The summed E-state index contributed by atoms with van der Waals surface area (Å²) >= 11 is 6.68. The van der Waals surface area contributed by atoms with Crippen LogP contribution in [0.1, 0.15) is 41.8 Å². The van der Waals surface area contributed by atoms with Gasteiger partial charge in [-0.3, -0.25) is 14.0 Å². The maximum absolute atomic E-state index is 12.7. The highest BCUT2D eigenvalue weighted by Gasteiger charge is 2.17. The van der Waals surface area contributed by atoms with Crippen molar-refractivity contribution in [3.63, 3.8) is 0 Å². The van der Waals surface area contributed by atoms with Gasteiger partial charge in [-0.2, -0.15) is 0 Å². The molecule has 3 aromatic rings. The lowest BCUT2D eigenvalue weighted by Gasteiger charge is -2.12. The fourth-order valence-electron chi connectivity index (χ4n) is 3.44. The van der Waals surface area contributed by atoms with Gasteiger partial charge in [0.1, 0.15) is 10.5 Å². The first-order valence-electron chi connectivity index (χ1n) is 8.78. The number of allylic oxidation sites excluding steroid dienone is 1. The van der Waals surface area contributed by atoms with E-state index in [-0.39, 0.29) is 11.5 Å². The summed E-state index contributed by atoms with van der Waals surface area (Å²) in [6, 6.07) is 7.27. The second kappa shape index (κ2) is 7.17. The van der Waals surface area contributed by atoms with E-state index in [1.165, 1.54) is 29.8 Å². The minimum atomic E-state index is -0.213. The lowest BCUT2D eigenvalue weighted by atomic mass is 9.97. The fourth-order valence-corrected chi connectivity index (χ4v) is 4.74. The highest BCUT2D eigenvalue weighted by Crippen LogP contribution is 2.23. The molecule has 0 spiro atoms. The molecule has 0 radical (unpaired) electrons. The highest BCUT2D eigenvalue weighted by molar-refractivity contribution is 7.73. The Balaban J connectivity index is 1.64. The first-order valence-corrected chi connectivity index (χ1v) is 10.0. The lowest BCUT2D eigenvalue weighted by Crippen LogP contribution is -2.25. The van der Waals surface area contributed by atoms with Crippen molar-refractivity contribution in [3.05, 3.63) is 55.1 Å². The van der Waals surface area contributed by atoms with Gasteiger partial charge in [0.15, 0.2) is 3.95 Å². The van der Waals surface area contributed by atoms with Crippen LogP contribution in [0.15, 0.2) is 40.7 Å². The lowest BCUT2D eigenvalue weighted by molar-refractivity contribution is 0.0959. The Kier molecular flexibility index (Phi) is 4.74. The van der Waals surface area contributed by atoms with Crippen LogP contribution in [-0.4, -0.2) is 21.8 Å². The molecule has 0 unspecified atom stereocenters. The number of H-pyrrole nitrogens is 1. The van der Waals surface area contributed by atoms with Crippen LogP contribution >= 0.6 is 23.6 Å². The molecule has 0 aliphatic heterocycles. The van der Waals surface area contributed by atoms with Crippen LogP contribution < -0.4 is 10.9 Å². The molecule has 0 fully saturated rings. The van der Waals surface area contributed by atoms with Crippen LogP contribution in [-0.2, 0) is 0 Å². The number of aromatic nitrogens is 2. The molecule has 0 saturated carbocycles. The Hall–Kier alpha value is -2.25. The average molecular weight is 386 g/mol. The van der Waals surface area contributed by atoms with Crippen LogP contribution in [0.4, 0.5) is 0 Å². The predicted molar refractivity (Wildman–Crippen MR) is 108 cm³/mol. The number of para-hydroxylation sites is 1. The van der Waals surface area contributed by atoms with Crippen molar-refractivity contribution in [1.29, 1.82) is 0 Å². The average Bonchev–Trinajstić information content (AvgIpc) is 2.99. The summed E-state index contributed by atoms with van der Waals surface area (Å²) in [7, 11) is 0. The van der Waals surface area contributed by atoms with Gasteiger partial charge in [-0.1, -0.05) is 35.1 Å². The Morgan fingerprint density at radius 1 is 1.31 bits per heavy atom. The molecule has 5 nitrogen and oxygen atoms in total. The zero-order chi connectivity index (χ0) is 18.1. The number of amides is 1. The molecule has 2 N–H and O–H groups in total. The van der Waals surface area contributed by atoms with Crippen molar-refractivity contribution >= 4 is 46.0 Å². The summed E-state index contributed by atoms with van der Waals surface area (Å²) in [5.74, 6) is -0.189. The van der Waals surface area contributed by atoms with Gasteiger partial charge in [-0.15, -0.1) is 0 Å². The van der Waals surface area contributed by atoms with E-state index in [1.807, 2.05) is 18.2 Å². The van der Waals surface area contributed by atoms with E-state index >= 15 is 0 Å². The Bertz CT molecular complexity index is 1140. The van der Waals surface area contributed by atoms with Crippen LogP contribution in [0.25, 0.3) is 16.6 Å². The number of thiazole rings is 1. The molecule has 1 aromatic carbocycles. The third kappa shape index (κ3) is 3.12. The van der Waals surface area contributed by atoms with Crippen molar-refractivity contribution in [2.24, 2.45) is 0 Å². The maximum atomic E-state index is 12.7. The van der Waals surface area contributed by atoms with Crippen molar-refractivity contribution < 1.29 is 4.79 Å². The molecule has 1 aliphatic carbocycles. The summed E-state index contributed by atoms with van der Waals surface area (Å²) < 4.78 is 2.32. The summed E-state index contributed by atoms with van der Waals surface area (Å²) in [6.07, 6.45) is 7.93. The van der Waals surface area contributed by atoms with E-state index in [0.29, 0.717) is 26.4 Å². The van der Waals surface area contributed by atoms with Gasteiger partial charge in [-0.25, -0.2) is 0 Å². The number of carbonyl (C=O) groups is 1. The van der Waals surface area contributed by atoms with Crippen LogP contribution in [0, 0.1) is 3.95 Å². The van der Waals surface area contributed by atoms with E-state index in [2.05, 4.69) is 16.4 Å². The first-order chi connectivity index (χ1) is 12.6. The topological polar surface area (TPSA) is 66.4 Å². The van der Waals surface area contributed by atoms with Gasteiger partial charge in [0.05, 0.1) is 10.9 Å². The predicted octanol–water partition coefficient (Wildman–Crippen LogP) is 4.19. The van der Waals surface area contributed by atoms with Crippen LogP contribution in [0.3, 0.4) is 0 Å². The third-order valence-corrected chi connectivity index (χ3v) is 6.13. The SMILES string of the molecule is O=C(NCCC1=CCCCC1)c1sc(=S)n2c1[nH]c(=O)c1ccccc12. The molecular weight excluding hydrogens is 366 g/mol. The standard InChI is InChI=1S/C19H19N3O2S2/c23-17-13-8-4-5-9-14(13)22-16(21-17)15(26-19(22)25)18(24)20-11-10-12-6-2-1-3-7-12/h4-6,8-9H,1-3,7,10-11H2,(H,20,24)(H,21,23). The van der Waals surface area contributed by atoms with Gasteiger partial charge in [0, 0.05) is 6.54 Å². The molecule has 0 saturated heterocycles. The highest BCUT2D eigenvalue weighted by atomic mass is 32.1. The number of aromatic amines is 1. The van der Waals surface area contributed by atoms with Gasteiger partial charge in [0.25, 0.3) is 11.5 Å². The molecule has 26 heavy (non-hydrogen) atoms. The summed E-state index contributed by atoms with van der Waals surface area (Å²) in [5, 5.41) is 3.53. The zero-order valence-corrected chi connectivity index (χ0v) is 15.8. The molecule has 134 valence electrons. The normalized spacial score (nSPS) is 14.5. The van der Waals surface area contributed by atoms with Crippen molar-refractivity contribution in [1.82, 2.24) is 14.7 Å². The number of nitrogens with zero attached hydrogens (tertiary/aromatic N) is 1. The smallest absolute Gasteiger partial charge is 0.265 e. The van der Waals surface area contributed by atoms with Gasteiger partial charge >= 0.3 is 0 Å². The molecule has 7 heteroatoms. The number of fused-ring (bicyclic) bond motifs is 3. The van der Waals surface area contributed by atoms with Gasteiger partial charge in [0.2, 0.25) is 0 Å². The molecule has 1 amide bonds.